The Morgan fingerprint density at radius 2 is 2.00 bits per heavy atom. The molecule has 0 saturated carbocycles. The molecule has 1 amide bonds. The minimum absolute atomic E-state index is 0.0757. The summed E-state index contributed by atoms with van der Waals surface area (Å²) < 4.78 is 0.710. The molecule has 0 aromatic heterocycles. The quantitative estimate of drug-likeness (QED) is 0.784. The third kappa shape index (κ3) is 3.32. The van der Waals surface area contributed by atoms with Crippen LogP contribution in [-0.2, 0) is 0 Å². The molecule has 0 heterocycles. The van der Waals surface area contributed by atoms with E-state index in [4.69, 9.17) is 11.6 Å². The van der Waals surface area contributed by atoms with Crippen LogP contribution in [0.3, 0.4) is 0 Å². The fourth-order valence-corrected chi connectivity index (χ4v) is 2.38. The molecule has 2 N–H and O–H groups in total. The van der Waals surface area contributed by atoms with Crippen LogP contribution in [0.5, 0.6) is 5.75 Å². The number of phenolic OH excluding ortho intramolecular Hbond substituents is 1. The van der Waals surface area contributed by atoms with Gasteiger partial charge in [0.1, 0.15) is 5.75 Å². The van der Waals surface area contributed by atoms with E-state index < -0.39 is 0 Å². The second-order valence-corrected chi connectivity index (χ2v) is 5.89. The fourth-order valence-electron chi connectivity index (χ4n) is 1.84. The van der Waals surface area contributed by atoms with Crippen molar-refractivity contribution in [3.05, 3.63) is 58.1 Å². The largest absolute Gasteiger partial charge is 0.507 e. The van der Waals surface area contributed by atoms with Gasteiger partial charge < -0.3 is 10.4 Å². The van der Waals surface area contributed by atoms with Gasteiger partial charge in [-0.3, -0.25) is 4.79 Å². The van der Waals surface area contributed by atoms with Crippen LogP contribution in [0, 0.1) is 0 Å². The lowest BCUT2D eigenvalue weighted by atomic mass is 10.1. The highest BCUT2D eigenvalue weighted by atomic mass is 79.9. The molecule has 0 radical (unpaired) electrons. The van der Waals surface area contributed by atoms with E-state index in [1.807, 2.05) is 25.1 Å². The van der Waals surface area contributed by atoms with Gasteiger partial charge >= 0.3 is 0 Å². The topological polar surface area (TPSA) is 49.3 Å². The van der Waals surface area contributed by atoms with Gasteiger partial charge in [-0.2, -0.15) is 0 Å². The zero-order valence-corrected chi connectivity index (χ0v) is 13.1. The van der Waals surface area contributed by atoms with Gasteiger partial charge in [0.25, 0.3) is 5.91 Å². The van der Waals surface area contributed by atoms with Gasteiger partial charge in [-0.05, 0) is 36.8 Å². The van der Waals surface area contributed by atoms with E-state index in [9.17, 15) is 9.90 Å². The first kappa shape index (κ1) is 14.9. The molecule has 2 rings (SSSR count). The first-order valence-electron chi connectivity index (χ1n) is 6.02. The molecule has 104 valence electrons. The molecule has 2 aromatic rings. The SMILES string of the molecule is CC(Cl)c1ccccc1NC(=O)c1ccc(Br)cc1O. The second-order valence-electron chi connectivity index (χ2n) is 4.32. The normalized spacial score (nSPS) is 11.9. The Labute approximate surface area is 130 Å². The van der Waals surface area contributed by atoms with Gasteiger partial charge in [0, 0.05) is 10.2 Å². The van der Waals surface area contributed by atoms with Crippen LogP contribution < -0.4 is 5.32 Å². The highest BCUT2D eigenvalue weighted by molar-refractivity contribution is 9.10. The van der Waals surface area contributed by atoms with Crippen LogP contribution in [0.4, 0.5) is 5.69 Å². The smallest absolute Gasteiger partial charge is 0.259 e. The summed E-state index contributed by atoms with van der Waals surface area (Å²) in [6, 6.07) is 12.1. The molecule has 2 aromatic carbocycles. The third-order valence-corrected chi connectivity index (χ3v) is 3.57. The van der Waals surface area contributed by atoms with Crippen molar-refractivity contribution < 1.29 is 9.90 Å². The standard InChI is InChI=1S/C15H13BrClNO2/c1-9(17)11-4-2-3-5-13(11)18-15(20)12-7-6-10(16)8-14(12)19/h2-9,19H,1H3,(H,18,20). The molecular formula is C15H13BrClNO2. The molecule has 0 bridgehead atoms. The molecule has 1 unspecified atom stereocenters. The lowest BCUT2D eigenvalue weighted by molar-refractivity contribution is 0.102. The third-order valence-electron chi connectivity index (χ3n) is 2.84. The average molecular weight is 355 g/mol. The van der Waals surface area contributed by atoms with Crippen LogP contribution in [0.25, 0.3) is 0 Å². The number of carbonyl (C=O) groups is 1. The second kappa shape index (κ2) is 6.29. The number of phenols is 1. The molecular weight excluding hydrogens is 342 g/mol. The Kier molecular flexibility index (Phi) is 4.68. The van der Waals surface area contributed by atoms with Gasteiger partial charge in [-0.25, -0.2) is 0 Å². The summed E-state index contributed by atoms with van der Waals surface area (Å²) in [6.45, 7) is 1.84. The summed E-state index contributed by atoms with van der Waals surface area (Å²) in [5.74, 6) is -0.451. The summed E-state index contributed by atoms with van der Waals surface area (Å²) in [7, 11) is 0. The van der Waals surface area contributed by atoms with E-state index in [2.05, 4.69) is 21.2 Å². The van der Waals surface area contributed by atoms with E-state index >= 15 is 0 Å². The predicted octanol–water partition coefficient (Wildman–Crippen LogP) is 4.71. The van der Waals surface area contributed by atoms with Crippen LogP contribution in [0.2, 0.25) is 0 Å². The lowest BCUT2D eigenvalue weighted by Gasteiger charge is -2.13. The summed E-state index contributed by atoms with van der Waals surface area (Å²) in [4.78, 5) is 12.2. The molecule has 3 nitrogen and oxygen atoms in total. The maximum absolute atomic E-state index is 12.2. The molecule has 0 spiro atoms. The molecule has 5 heteroatoms. The molecule has 0 saturated heterocycles. The summed E-state index contributed by atoms with van der Waals surface area (Å²) in [5.41, 5.74) is 1.69. The average Bonchev–Trinajstić information content (AvgIpc) is 2.38. The van der Waals surface area contributed by atoms with E-state index in [-0.39, 0.29) is 22.6 Å². The Balaban J connectivity index is 2.28. The van der Waals surface area contributed by atoms with Crippen LogP contribution >= 0.6 is 27.5 Å². The summed E-state index contributed by atoms with van der Waals surface area (Å²) in [6.07, 6.45) is 0. The number of amides is 1. The number of benzene rings is 2. The number of rotatable bonds is 3. The maximum atomic E-state index is 12.2. The zero-order chi connectivity index (χ0) is 14.7. The van der Waals surface area contributed by atoms with E-state index in [0.29, 0.717) is 10.2 Å². The van der Waals surface area contributed by atoms with Gasteiger partial charge in [-0.1, -0.05) is 34.1 Å². The van der Waals surface area contributed by atoms with Crippen LogP contribution in [0.1, 0.15) is 28.2 Å². The van der Waals surface area contributed by atoms with Gasteiger partial charge in [0.2, 0.25) is 0 Å². The minimum Gasteiger partial charge on any atom is -0.507 e. The molecule has 20 heavy (non-hydrogen) atoms. The highest BCUT2D eigenvalue weighted by Gasteiger charge is 2.14. The number of aromatic hydroxyl groups is 1. The fraction of sp³-hybridized carbons (Fsp3) is 0.133. The monoisotopic (exact) mass is 353 g/mol. The first-order valence-corrected chi connectivity index (χ1v) is 7.25. The number of hydrogen-bond donors (Lipinski definition) is 2. The van der Waals surface area contributed by atoms with Crippen molar-refractivity contribution in [2.45, 2.75) is 12.3 Å². The van der Waals surface area contributed by atoms with Crippen molar-refractivity contribution in [1.82, 2.24) is 0 Å². The number of halogens is 2. The van der Waals surface area contributed by atoms with Gasteiger partial charge in [-0.15, -0.1) is 11.6 Å². The Morgan fingerprint density at radius 3 is 2.65 bits per heavy atom. The number of anilines is 1. The van der Waals surface area contributed by atoms with Crippen molar-refractivity contribution in [1.29, 1.82) is 0 Å². The molecule has 0 aliphatic carbocycles. The number of para-hydroxylation sites is 1. The van der Waals surface area contributed by atoms with E-state index in [1.165, 1.54) is 6.07 Å². The first-order chi connectivity index (χ1) is 9.49. The summed E-state index contributed by atoms with van der Waals surface area (Å²) >= 11 is 9.32. The Hall–Kier alpha value is -1.52. The van der Waals surface area contributed by atoms with Crippen molar-refractivity contribution in [3.8, 4) is 5.75 Å². The number of nitrogens with one attached hydrogen (secondary N) is 1. The van der Waals surface area contributed by atoms with Crippen molar-refractivity contribution >= 4 is 39.1 Å². The van der Waals surface area contributed by atoms with Gasteiger partial charge in [0.05, 0.1) is 10.9 Å². The summed E-state index contributed by atoms with van der Waals surface area (Å²) in [5, 5.41) is 12.4. The Bertz CT molecular complexity index is 644. The van der Waals surface area contributed by atoms with Crippen LogP contribution in [-0.4, -0.2) is 11.0 Å². The minimum atomic E-state index is -0.375. The zero-order valence-electron chi connectivity index (χ0n) is 10.7. The number of alkyl halides is 1. The number of hydrogen-bond acceptors (Lipinski definition) is 2. The Morgan fingerprint density at radius 1 is 1.30 bits per heavy atom. The van der Waals surface area contributed by atoms with Crippen molar-refractivity contribution in [2.24, 2.45) is 0 Å². The van der Waals surface area contributed by atoms with Gasteiger partial charge in [0.15, 0.2) is 0 Å². The van der Waals surface area contributed by atoms with Crippen molar-refractivity contribution in [3.63, 3.8) is 0 Å². The molecule has 0 fully saturated rings. The maximum Gasteiger partial charge on any atom is 0.259 e. The van der Waals surface area contributed by atoms with E-state index in [0.717, 1.165) is 5.56 Å². The molecule has 1 atom stereocenters. The number of carbonyl (C=O) groups excluding carboxylic acids is 1. The lowest BCUT2D eigenvalue weighted by Crippen LogP contribution is -2.13. The highest BCUT2D eigenvalue weighted by Crippen LogP contribution is 2.28. The van der Waals surface area contributed by atoms with Crippen LogP contribution in [0.15, 0.2) is 46.9 Å². The predicted molar refractivity (Wildman–Crippen MR) is 84.5 cm³/mol. The molecule has 0 aliphatic heterocycles. The molecule has 0 aliphatic rings. The van der Waals surface area contributed by atoms with Crippen molar-refractivity contribution in [2.75, 3.05) is 5.32 Å². The van der Waals surface area contributed by atoms with E-state index in [1.54, 1.807) is 18.2 Å².